The van der Waals surface area contributed by atoms with Crippen LogP contribution >= 0.6 is 0 Å². The van der Waals surface area contributed by atoms with E-state index < -0.39 is 0 Å². The average Bonchev–Trinajstić information content (AvgIpc) is 2.18. The van der Waals surface area contributed by atoms with E-state index in [0.29, 0.717) is 5.75 Å². The molecule has 0 unspecified atom stereocenters. The maximum absolute atomic E-state index is 10.8. The second-order valence-corrected chi connectivity index (χ2v) is 3.47. The van der Waals surface area contributed by atoms with Crippen LogP contribution in [-0.2, 0) is 20.9 Å². The Balaban J connectivity index is 2.74. The van der Waals surface area contributed by atoms with E-state index in [9.17, 15) is 9.59 Å². The molecule has 0 amide bonds. The summed E-state index contributed by atoms with van der Waals surface area (Å²) in [6.07, 6.45) is 0. The van der Waals surface area contributed by atoms with Crippen molar-refractivity contribution in [2.24, 2.45) is 0 Å². The molecule has 4 heteroatoms. The molecule has 0 aromatic heterocycles. The fourth-order valence-corrected chi connectivity index (χ4v) is 1.26. The number of esters is 2. The third-order valence-corrected chi connectivity index (χ3v) is 1.94. The lowest BCUT2D eigenvalue weighted by atomic mass is 10.1. The van der Waals surface area contributed by atoms with Gasteiger partial charge in [0.25, 0.3) is 0 Å². The Morgan fingerprint density at radius 3 is 2.38 bits per heavy atom. The highest BCUT2D eigenvalue weighted by Crippen LogP contribution is 2.19. The number of carbonyl (C=O) groups excluding carboxylic acids is 2. The Kier molecular flexibility index (Phi) is 4.05. The molecule has 16 heavy (non-hydrogen) atoms. The molecule has 1 aromatic carbocycles. The van der Waals surface area contributed by atoms with Crippen LogP contribution in [0.3, 0.4) is 0 Å². The Morgan fingerprint density at radius 1 is 1.19 bits per heavy atom. The summed E-state index contributed by atoms with van der Waals surface area (Å²) >= 11 is 0. The van der Waals surface area contributed by atoms with Gasteiger partial charge in [-0.3, -0.25) is 9.59 Å². The van der Waals surface area contributed by atoms with Gasteiger partial charge in [0.05, 0.1) is 0 Å². The SMILES string of the molecule is CC(=O)OCc1ccc(OC(C)=O)c(C)c1. The highest BCUT2D eigenvalue weighted by atomic mass is 16.5. The number of rotatable bonds is 3. The van der Waals surface area contributed by atoms with Gasteiger partial charge in [-0.1, -0.05) is 6.07 Å². The minimum absolute atomic E-state index is 0.233. The molecule has 1 aromatic rings. The third kappa shape index (κ3) is 3.73. The molecule has 0 fully saturated rings. The maximum Gasteiger partial charge on any atom is 0.308 e. The van der Waals surface area contributed by atoms with Gasteiger partial charge < -0.3 is 9.47 Å². The van der Waals surface area contributed by atoms with Crippen molar-refractivity contribution in [2.45, 2.75) is 27.4 Å². The van der Waals surface area contributed by atoms with E-state index in [1.54, 1.807) is 12.1 Å². The van der Waals surface area contributed by atoms with E-state index in [1.165, 1.54) is 13.8 Å². The van der Waals surface area contributed by atoms with Crippen molar-refractivity contribution in [1.82, 2.24) is 0 Å². The molecule has 0 N–H and O–H groups in total. The molecule has 0 radical (unpaired) electrons. The Labute approximate surface area is 94.2 Å². The highest BCUT2D eigenvalue weighted by molar-refractivity contribution is 5.69. The molecule has 0 spiro atoms. The topological polar surface area (TPSA) is 52.6 Å². The Morgan fingerprint density at radius 2 is 1.88 bits per heavy atom. The Hall–Kier alpha value is -1.84. The van der Waals surface area contributed by atoms with Crippen molar-refractivity contribution in [1.29, 1.82) is 0 Å². The van der Waals surface area contributed by atoms with Crippen LogP contribution in [0, 0.1) is 6.92 Å². The van der Waals surface area contributed by atoms with Crippen LogP contribution in [0.15, 0.2) is 18.2 Å². The summed E-state index contributed by atoms with van der Waals surface area (Å²) in [7, 11) is 0. The predicted molar refractivity (Wildman–Crippen MR) is 58.0 cm³/mol. The molecule has 0 heterocycles. The van der Waals surface area contributed by atoms with Crippen LogP contribution in [0.1, 0.15) is 25.0 Å². The quantitative estimate of drug-likeness (QED) is 0.579. The van der Waals surface area contributed by atoms with Crippen molar-refractivity contribution < 1.29 is 19.1 Å². The molecule has 0 saturated heterocycles. The third-order valence-electron chi connectivity index (χ3n) is 1.94. The molecule has 1 rings (SSSR count). The highest BCUT2D eigenvalue weighted by Gasteiger charge is 2.04. The van der Waals surface area contributed by atoms with Gasteiger partial charge >= 0.3 is 11.9 Å². The summed E-state index contributed by atoms with van der Waals surface area (Å²) in [5.74, 6) is -0.142. The van der Waals surface area contributed by atoms with E-state index in [1.807, 2.05) is 13.0 Å². The minimum atomic E-state index is -0.351. The first-order chi connectivity index (χ1) is 7.49. The lowest BCUT2D eigenvalue weighted by Gasteiger charge is -2.07. The fraction of sp³-hybridized carbons (Fsp3) is 0.333. The first-order valence-corrected chi connectivity index (χ1v) is 4.90. The zero-order valence-corrected chi connectivity index (χ0v) is 9.57. The van der Waals surface area contributed by atoms with Gasteiger partial charge in [-0.2, -0.15) is 0 Å². The summed E-state index contributed by atoms with van der Waals surface area (Å²) in [6, 6.07) is 5.27. The minimum Gasteiger partial charge on any atom is -0.461 e. The smallest absolute Gasteiger partial charge is 0.308 e. The second-order valence-electron chi connectivity index (χ2n) is 3.47. The number of ether oxygens (including phenoxy) is 2. The molecule has 0 aliphatic heterocycles. The van der Waals surface area contributed by atoms with Crippen LogP contribution in [0.25, 0.3) is 0 Å². The van der Waals surface area contributed by atoms with Gasteiger partial charge in [-0.15, -0.1) is 0 Å². The zero-order valence-electron chi connectivity index (χ0n) is 9.57. The van der Waals surface area contributed by atoms with E-state index in [4.69, 9.17) is 9.47 Å². The number of carbonyl (C=O) groups is 2. The van der Waals surface area contributed by atoms with Crippen LogP contribution in [0.4, 0.5) is 0 Å². The summed E-state index contributed by atoms with van der Waals surface area (Å²) in [5, 5.41) is 0. The van der Waals surface area contributed by atoms with Crippen LogP contribution < -0.4 is 4.74 Å². The number of aryl methyl sites for hydroxylation is 1. The largest absolute Gasteiger partial charge is 0.461 e. The maximum atomic E-state index is 10.8. The lowest BCUT2D eigenvalue weighted by molar-refractivity contribution is -0.142. The number of hydrogen-bond donors (Lipinski definition) is 0. The first-order valence-electron chi connectivity index (χ1n) is 4.90. The van der Waals surface area contributed by atoms with E-state index in [2.05, 4.69) is 0 Å². The van der Waals surface area contributed by atoms with Crippen LogP contribution in [0.5, 0.6) is 5.75 Å². The first kappa shape index (κ1) is 12.2. The van der Waals surface area contributed by atoms with Crippen LogP contribution in [-0.4, -0.2) is 11.9 Å². The monoisotopic (exact) mass is 222 g/mol. The summed E-state index contributed by atoms with van der Waals surface area (Å²) in [5.41, 5.74) is 1.70. The van der Waals surface area contributed by atoms with E-state index >= 15 is 0 Å². The van der Waals surface area contributed by atoms with Gasteiger partial charge in [0, 0.05) is 13.8 Å². The second kappa shape index (κ2) is 5.30. The Bertz CT molecular complexity index is 409. The van der Waals surface area contributed by atoms with Crippen molar-refractivity contribution in [3.05, 3.63) is 29.3 Å². The summed E-state index contributed by atoms with van der Waals surface area (Å²) in [6.45, 7) is 4.78. The molecular formula is C12H14O4. The van der Waals surface area contributed by atoms with Gasteiger partial charge in [0.2, 0.25) is 0 Å². The van der Waals surface area contributed by atoms with Gasteiger partial charge in [0.1, 0.15) is 12.4 Å². The van der Waals surface area contributed by atoms with Crippen molar-refractivity contribution >= 4 is 11.9 Å². The van der Waals surface area contributed by atoms with Crippen molar-refractivity contribution in [3.8, 4) is 5.75 Å². The number of hydrogen-bond acceptors (Lipinski definition) is 4. The van der Waals surface area contributed by atoms with Crippen molar-refractivity contribution in [2.75, 3.05) is 0 Å². The van der Waals surface area contributed by atoms with E-state index in [0.717, 1.165) is 11.1 Å². The summed E-state index contributed by atoms with van der Waals surface area (Å²) < 4.78 is 9.84. The molecule has 0 saturated carbocycles. The molecule has 0 aliphatic rings. The molecule has 86 valence electrons. The lowest BCUT2D eigenvalue weighted by Crippen LogP contribution is -2.04. The van der Waals surface area contributed by atoms with Gasteiger partial charge in [-0.25, -0.2) is 0 Å². The van der Waals surface area contributed by atoms with Gasteiger partial charge in [0.15, 0.2) is 0 Å². The zero-order chi connectivity index (χ0) is 12.1. The number of benzene rings is 1. The van der Waals surface area contributed by atoms with E-state index in [-0.39, 0.29) is 18.5 Å². The molecule has 0 atom stereocenters. The predicted octanol–water partition coefficient (Wildman–Crippen LogP) is 1.98. The van der Waals surface area contributed by atoms with Crippen LogP contribution in [0.2, 0.25) is 0 Å². The standard InChI is InChI=1S/C12H14O4/c1-8-6-11(7-15-9(2)13)4-5-12(8)16-10(3)14/h4-6H,7H2,1-3H3. The van der Waals surface area contributed by atoms with Crippen molar-refractivity contribution in [3.63, 3.8) is 0 Å². The molecule has 4 nitrogen and oxygen atoms in total. The normalized spacial score (nSPS) is 9.69. The summed E-state index contributed by atoms with van der Waals surface area (Å²) in [4.78, 5) is 21.4. The van der Waals surface area contributed by atoms with Gasteiger partial charge in [-0.05, 0) is 30.2 Å². The fourth-order valence-electron chi connectivity index (χ4n) is 1.26. The average molecular weight is 222 g/mol. The molecule has 0 aliphatic carbocycles. The molecular weight excluding hydrogens is 208 g/mol. The molecule has 0 bridgehead atoms.